The molecule has 0 heterocycles. The average molecular weight is 387 g/mol. The van der Waals surface area contributed by atoms with Crippen molar-refractivity contribution in [1.82, 2.24) is 0 Å². The Hall–Kier alpha value is -0.710. The summed E-state index contributed by atoms with van der Waals surface area (Å²) in [5.41, 5.74) is 8.23. The molecule has 2 N–H and O–H groups in total. The number of hydrogen-bond acceptors (Lipinski definition) is 1. The Morgan fingerprint density at radius 1 is 1.05 bits per heavy atom. The van der Waals surface area contributed by atoms with E-state index in [2.05, 4.69) is 31.9 Å². The van der Waals surface area contributed by atoms with E-state index in [4.69, 9.17) is 5.73 Å². The molecule has 0 saturated heterocycles. The first-order valence-corrected chi connectivity index (χ1v) is 7.57. The molecule has 2 aromatic carbocycles. The summed E-state index contributed by atoms with van der Waals surface area (Å²) in [4.78, 5) is 0. The fourth-order valence-electron chi connectivity index (χ4n) is 2.05. The molecular formula is C15H14Br2FN. The Labute approximate surface area is 129 Å². The van der Waals surface area contributed by atoms with E-state index in [1.165, 1.54) is 17.7 Å². The van der Waals surface area contributed by atoms with Gasteiger partial charge in [-0.15, -0.1) is 0 Å². The van der Waals surface area contributed by atoms with Gasteiger partial charge in [-0.05, 0) is 48.2 Å². The monoisotopic (exact) mass is 385 g/mol. The molecule has 1 atom stereocenters. The maximum absolute atomic E-state index is 13.3. The summed E-state index contributed by atoms with van der Waals surface area (Å²) in [6.45, 7) is 0. The average Bonchev–Trinajstić information content (AvgIpc) is 2.30. The molecule has 0 saturated carbocycles. The van der Waals surface area contributed by atoms with Crippen molar-refractivity contribution in [1.29, 1.82) is 0 Å². The van der Waals surface area contributed by atoms with E-state index >= 15 is 0 Å². The van der Waals surface area contributed by atoms with E-state index in [1.807, 2.05) is 30.3 Å². The van der Waals surface area contributed by atoms with Crippen LogP contribution in [0, 0.1) is 5.82 Å². The van der Waals surface area contributed by atoms with Crippen LogP contribution in [-0.2, 0) is 12.8 Å². The minimum atomic E-state index is -0.238. The van der Waals surface area contributed by atoms with Crippen LogP contribution in [0.5, 0.6) is 0 Å². The van der Waals surface area contributed by atoms with Crippen molar-refractivity contribution in [3.05, 3.63) is 68.4 Å². The molecule has 0 aliphatic carbocycles. The van der Waals surface area contributed by atoms with Crippen LogP contribution >= 0.6 is 31.9 Å². The van der Waals surface area contributed by atoms with Crippen molar-refractivity contribution < 1.29 is 4.39 Å². The molecule has 0 bridgehead atoms. The largest absolute Gasteiger partial charge is 0.327 e. The van der Waals surface area contributed by atoms with Crippen LogP contribution in [0.2, 0.25) is 0 Å². The van der Waals surface area contributed by atoms with Gasteiger partial charge in [0, 0.05) is 15.0 Å². The molecule has 2 aromatic rings. The molecule has 0 aliphatic heterocycles. The number of rotatable bonds is 4. The first-order chi connectivity index (χ1) is 9.04. The molecule has 0 amide bonds. The Morgan fingerprint density at radius 3 is 2.47 bits per heavy atom. The fourth-order valence-corrected chi connectivity index (χ4v) is 3.01. The van der Waals surface area contributed by atoms with Crippen LogP contribution in [0.4, 0.5) is 4.39 Å². The predicted molar refractivity (Wildman–Crippen MR) is 83.6 cm³/mol. The predicted octanol–water partition coefficient (Wildman–Crippen LogP) is 4.46. The topological polar surface area (TPSA) is 26.0 Å². The lowest BCUT2D eigenvalue weighted by Gasteiger charge is -2.13. The van der Waals surface area contributed by atoms with E-state index < -0.39 is 0 Å². The Morgan fingerprint density at radius 2 is 1.79 bits per heavy atom. The summed E-state index contributed by atoms with van der Waals surface area (Å²) in [7, 11) is 0. The van der Waals surface area contributed by atoms with Gasteiger partial charge in [0.15, 0.2) is 0 Å². The maximum Gasteiger partial charge on any atom is 0.124 e. The summed E-state index contributed by atoms with van der Waals surface area (Å²) in [6.07, 6.45) is 1.41. The molecule has 0 spiro atoms. The van der Waals surface area contributed by atoms with Gasteiger partial charge in [-0.25, -0.2) is 4.39 Å². The summed E-state index contributed by atoms with van der Waals surface area (Å²) >= 11 is 6.80. The fraction of sp³-hybridized carbons (Fsp3) is 0.200. The van der Waals surface area contributed by atoms with Crippen molar-refractivity contribution in [2.24, 2.45) is 5.73 Å². The van der Waals surface area contributed by atoms with Gasteiger partial charge in [-0.3, -0.25) is 0 Å². The van der Waals surface area contributed by atoms with Gasteiger partial charge in [-0.1, -0.05) is 50.1 Å². The lowest BCUT2D eigenvalue weighted by molar-refractivity contribution is 0.617. The zero-order chi connectivity index (χ0) is 13.8. The minimum absolute atomic E-state index is 0.0348. The summed E-state index contributed by atoms with van der Waals surface area (Å²) in [6, 6.07) is 12.9. The number of hydrogen-bond donors (Lipinski definition) is 1. The van der Waals surface area contributed by atoms with Crippen molar-refractivity contribution in [2.45, 2.75) is 18.9 Å². The second-order valence-electron chi connectivity index (χ2n) is 4.54. The van der Waals surface area contributed by atoms with Gasteiger partial charge in [0.25, 0.3) is 0 Å². The first-order valence-electron chi connectivity index (χ1n) is 5.98. The van der Waals surface area contributed by atoms with Crippen molar-refractivity contribution in [2.75, 3.05) is 0 Å². The lowest BCUT2D eigenvalue weighted by Crippen LogP contribution is -2.25. The van der Waals surface area contributed by atoms with Gasteiger partial charge >= 0.3 is 0 Å². The molecule has 100 valence electrons. The molecule has 1 nitrogen and oxygen atoms in total. The molecule has 0 radical (unpaired) electrons. The molecule has 4 heteroatoms. The highest BCUT2D eigenvalue weighted by Gasteiger charge is 2.09. The Balaban J connectivity index is 2.05. The van der Waals surface area contributed by atoms with Crippen LogP contribution in [0.25, 0.3) is 0 Å². The normalized spacial score (nSPS) is 12.4. The van der Waals surface area contributed by atoms with Crippen LogP contribution in [0.1, 0.15) is 11.1 Å². The Kier molecular flexibility index (Phi) is 5.13. The number of nitrogens with two attached hydrogens (primary N) is 1. The van der Waals surface area contributed by atoms with Gasteiger partial charge in [0.05, 0.1) is 0 Å². The SMILES string of the molecule is NC(Cc1cc(F)cc(Br)c1)Cc1ccccc1Br. The van der Waals surface area contributed by atoms with Crippen LogP contribution < -0.4 is 5.73 Å². The standard InChI is InChI=1S/C15H14Br2FN/c16-12-5-10(6-13(18)9-12)7-14(19)8-11-3-1-2-4-15(11)17/h1-6,9,14H,7-8,19H2. The molecule has 1 unspecified atom stereocenters. The highest BCUT2D eigenvalue weighted by molar-refractivity contribution is 9.10. The van der Waals surface area contributed by atoms with Crippen LogP contribution in [-0.4, -0.2) is 6.04 Å². The quantitative estimate of drug-likeness (QED) is 0.824. The third kappa shape index (κ3) is 4.41. The number of benzene rings is 2. The highest BCUT2D eigenvalue weighted by Crippen LogP contribution is 2.20. The molecule has 0 aliphatic rings. The minimum Gasteiger partial charge on any atom is -0.327 e. The Bertz CT molecular complexity index is 552. The van der Waals surface area contributed by atoms with Crippen molar-refractivity contribution >= 4 is 31.9 Å². The third-order valence-electron chi connectivity index (χ3n) is 2.86. The zero-order valence-corrected chi connectivity index (χ0v) is 13.4. The molecule has 19 heavy (non-hydrogen) atoms. The summed E-state index contributed by atoms with van der Waals surface area (Å²) < 4.78 is 15.1. The summed E-state index contributed by atoms with van der Waals surface area (Å²) in [5.74, 6) is -0.238. The van der Waals surface area contributed by atoms with Crippen molar-refractivity contribution in [3.8, 4) is 0 Å². The maximum atomic E-state index is 13.3. The van der Waals surface area contributed by atoms with Crippen LogP contribution in [0.15, 0.2) is 51.4 Å². The number of halogens is 3. The van der Waals surface area contributed by atoms with Gasteiger partial charge in [-0.2, -0.15) is 0 Å². The van der Waals surface area contributed by atoms with E-state index in [0.29, 0.717) is 6.42 Å². The van der Waals surface area contributed by atoms with E-state index in [-0.39, 0.29) is 11.9 Å². The molecule has 0 aromatic heterocycles. The summed E-state index contributed by atoms with van der Waals surface area (Å²) in [5, 5.41) is 0. The van der Waals surface area contributed by atoms with E-state index in [1.54, 1.807) is 0 Å². The van der Waals surface area contributed by atoms with E-state index in [0.717, 1.165) is 20.9 Å². The molecule has 0 fully saturated rings. The molecular weight excluding hydrogens is 373 g/mol. The zero-order valence-electron chi connectivity index (χ0n) is 10.2. The smallest absolute Gasteiger partial charge is 0.124 e. The first kappa shape index (κ1) is 14.7. The molecule has 2 rings (SSSR count). The van der Waals surface area contributed by atoms with Crippen molar-refractivity contribution in [3.63, 3.8) is 0 Å². The van der Waals surface area contributed by atoms with Gasteiger partial charge in [0.1, 0.15) is 5.82 Å². The van der Waals surface area contributed by atoms with Gasteiger partial charge < -0.3 is 5.73 Å². The highest BCUT2D eigenvalue weighted by atomic mass is 79.9. The lowest BCUT2D eigenvalue weighted by atomic mass is 10.00. The second-order valence-corrected chi connectivity index (χ2v) is 6.31. The van der Waals surface area contributed by atoms with Gasteiger partial charge in [0.2, 0.25) is 0 Å². The second kappa shape index (κ2) is 6.64. The van der Waals surface area contributed by atoms with Crippen LogP contribution in [0.3, 0.4) is 0 Å². The van der Waals surface area contributed by atoms with E-state index in [9.17, 15) is 4.39 Å². The third-order valence-corrected chi connectivity index (χ3v) is 4.09.